The fourth-order valence-corrected chi connectivity index (χ4v) is 1.25. The number of hydrogen-bond donors (Lipinski definition) is 2. The highest BCUT2D eigenvalue weighted by atomic mass is 16.2. The maximum atomic E-state index is 11.6. The van der Waals surface area contributed by atoms with Crippen molar-refractivity contribution in [2.45, 2.75) is 19.4 Å². The molecule has 0 aromatic carbocycles. The molecule has 1 atom stereocenters. The van der Waals surface area contributed by atoms with E-state index >= 15 is 0 Å². The van der Waals surface area contributed by atoms with Gasteiger partial charge in [-0.2, -0.15) is 0 Å². The van der Waals surface area contributed by atoms with Crippen molar-refractivity contribution in [3.8, 4) is 0 Å². The lowest BCUT2D eigenvalue weighted by atomic mass is 10.1. The molecule has 0 aliphatic carbocycles. The Hall–Kier alpha value is -2.24. The zero-order chi connectivity index (χ0) is 12.7. The largest absolute Gasteiger partial charge is 0.348 e. The molecule has 1 aromatic rings. The van der Waals surface area contributed by atoms with E-state index in [9.17, 15) is 14.4 Å². The number of ketones is 1. The van der Waals surface area contributed by atoms with E-state index in [1.54, 1.807) is 25.3 Å². The van der Waals surface area contributed by atoms with E-state index in [1.807, 2.05) is 0 Å². The monoisotopic (exact) mass is 235 g/mol. The summed E-state index contributed by atoms with van der Waals surface area (Å²) in [6.07, 6.45) is 3.75. The van der Waals surface area contributed by atoms with Gasteiger partial charge >= 0.3 is 0 Å². The van der Waals surface area contributed by atoms with Crippen molar-refractivity contribution < 1.29 is 14.4 Å². The topological polar surface area (TPSA) is 88.2 Å². The highest BCUT2D eigenvalue weighted by Crippen LogP contribution is 2.03. The molecule has 0 fully saturated rings. The van der Waals surface area contributed by atoms with Crippen LogP contribution in [0.1, 0.15) is 13.3 Å². The predicted octanol–water partition coefficient (Wildman–Crippen LogP) is 0.114. The summed E-state index contributed by atoms with van der Waals surface area (Å²) >= 11 is 0. The first-order chi connectivity index (χ1) is 8.19. The zero-order valence-corrected chi connectivity index (χ0v) is 9.34. The third kappa shape index (κ3) is 3.67. The van der Waals surface area contributed by atoms with Crippen LogP contribution in [0, 0.1) is 0 Å². The summed E-state index contributed by atoms with van der Waals surface area (Å²) in [5.41, 5.74) is 0.437. The van der Waals surface area contributed by atoms with Gasteiger partial charge in [0.1, 0.15) is 0 Å². The summed E-state index contributed by atoms with van der Waals surface area (Å²) in [5, 5.41) is 4.70. The van der Waals surface area contributed by atoms with Crippen LogP contribution in [0.2, 0.25) is 0 Å². The summed E-state index contributed by atoms with van der Waals surface area (Å²) in [6.45, 7) is 1.70. The van der Waals surface area contributed by atoms with E-state index in [-0.39, 0.29) is 0 Å². The van der Waals surface area contributed by atoms with Gasteiger partial charge in [-0.25, -0.2) is 0 Å². The van der Waals surface area contributed by atoms with Crippen LogP contribution in [-0.2, 0) is 14.4 Å². The molecule has 0 aliphatic rings. The second-order valence-corrected chi connectivity index (χ2v) is 3.31. The number of aromatic nitrogens is 1. The van der Waals surface area contributed by atoms with E-state index in [2.05, 4.69) is 15.6 Å². The summed E-state index contributed by atoms with van der Waals surface area (Å²) in [4.78, 5) is 37.2. The van der Waals surface area contributed by atoms with E-state index in [1.165, 1.54) is 6.20 Å². The van der Waals surface area contributed by atoms with E-state index < -0.39 is 17.7 Å². The van der Waals surface area contributed by atoms with Gasteiger partial charge in [0, 0.05) is 6.20 Å². The minimum atomic E-state index is -0.788. The Labute approximate surface area is 98.4 Å². The molecule has 90 valence electrons. The smallest absolute Gasteiger partial charge is 0.294 e. The van der Waals surface area contributed by atoms with Gasteiger partial charge in [-0.1, -0.05) is 6.92 Å². The number of nitrogens with zero attached hydrogens (tertiary/aromatic N) is 1. The number of anilines is 1. The molecule has 6 nitrogen and oxygen atoms in total. The van der Waals surface area contributed by atoms with Crippen LogP contribution >= 0.6 is 0 Å². The Bertz CT molecular complexity index is 406. The zero-order valence-electron chi connectivity index (χ0n) is 9.34. The number of Topliss-reactive ketones (excluding diaryl/α,β-unsaturated/α-hetero) is 1. The number of carbonyl (C=O) groups excluding carboxylic acids is 3. The molecule has 0 saturated carbocycles. The summed E-state index contributed by atoms with van der Waals surface area (Å²) in [6, 6.07) is 2.47. The van der Waals surface area contributed by atoms with Crippen molar-refractivity contribution in [2.75, 3.05) is 5.32 Å². The second-order valence-electron chi connectivity index (χ2n) is 3.31. The molecule has 0 bridgehead atoms. The lowest BCUT2D eigenvalue weighted by Gasteiger charge is -2.11. The SMILES string of the molecule is CC[C@H](NC=O)C(=O)C(=O)Nc1cccnc1. The van der Waals surface area contributed by atoms with Crippen LogP contribution in [0.15, 0.2) is 24.5 Å². The maximum absolute atomic E-state index is 11.6. The quantitative estimate of drug-likeness (QED) is 0.541. The number of amides is 2. The lowest BCUT2D eigenvalue weighted by molar-refractivity contribution is -0.136. The van der Waals surface area contributed by atoms with Gasteiger partial charge in [0.05, 0.1) is 17.9 Å². The third-order valence-corrected chi connectivity index (χ3v) is 2.14. The van der Waals surface area contributed by atoms with Crippen LogP contribution < -0.4 is 10.6 Å². The van der Waals surface area contributed by atoms with Crippen LogP contribution in [0.25, 0.3) is 0 Å². The van der Waals surface area contributed by atoms with Crippen LogP contribution in [0.5, 0.6) is 0 Å². The molecule has 0 unspecified atom stereocenters. The molecule has 0 aliphatic heterocycles. The van der Waals surface area contributed by atoms with Crippen molar-refractivity contribution >= 4 is 23.8 Å². The lowest BCUT2D eigenvalue weighted by Crippen LogP contribution is -2.41. The van der Waals surface area contributed by atoms with Crippen LogP contribution in [-0.4, -0.2) is 29.1 Å². The Kier molecular flexibility index (Phi) is 4.80. The van der Waals surface area contributed by atoms with Crippen molar-refractivity contribution in [2.24, 2.45) is 0 Å². The molecule has 2 amide bonds. The standard InChI is InChI=1S/C11H13N3O3/c1-2-9(13-7-15)10(16)11(17)14-8-4-3-5-12-6-8/h3-7,9H,2H2,1H3,(H,13,15)(H,14,17)/t9-/m0/s1. The number of pyridine rings is 1. The van der Waals surface area contributed by atoms with E-state index in [4.69, 9.17) is 0 Å². The number of hydrogen-bond acceptors (Lipinski definition) is 4. The van der Waals surface area contributed by atoms with Gasteiger partial charge in [0.2, 0.25) is 12.2 Å². The maximum Gasteiger partial charge on any atom is 0.294 e. The number of nitrogens with one attached hydrogen (secondary N) is 2. The third-order valence-electron chi connectivity index (χ3n) is 2.14. The van der Waals surface area contributed by atoms with Crippen molar-refractivity contribution in [3.05, 3.63) is 24.5 Å². The molecule has 0 radical (unpaired) electrons. The Morgan fingerprint density at radius 2 is 2.29 bits per heavy atom. The van der Waals surface area contributed by atoms with E-state index in [0.717, 1.165) is 0 Å². The average molecular weight is 235 g/mol. The predicted molar refractivity (Wildman–Crippen MR) is 61.2 cm³/mol. The van der Waals surface area contributed by atoms with Crippen LogP contribution in [0.3, 0.4) is 0 Å². The molecular weight excluding hydrogens is 222 g/mol. The summed E-state index contributed by atoms with van der Waals surface area (Å²) in [5.74, 6) is -1.44. The van der Waals surface area contributed by atoms with Gasteiger partial charge in [-0.3, -0.25) is 19.4 Å². The highest BCUT2D eigenvalue weighted by molar-refractivity contribution is 6.42. The van der Waals surface area contributed by atoms with Gasteiger partial charge in [-0.05, 0) is 18.6 Å². The molecule has 0 spiro atoms. The molecule has 2 N–H and O–H groups in total. The Morgan fingerprint density at radius 1 is 1.53 bits per heavy atom. The van der Waals surface area contributed by atoms with Crippen LogP contribution in [0.4, 0.5) is 5.69 Å². The minimum Gasteiger partial charge on any atom is -0.348 e. The molecule has 17 heavy (non-hydrogen) atoms. The number of carbonyl (C=O) groups is 3. The van der Waals surface area contributed by atoms with Crippen molar-refractivity contribution in [1.82, 2.24) is 10.3 Å². The van der Waals surface area contributed by atoms with Gasteiger partial charge < -0.3 is 10.6 Å². The molecule has 1 aromatic heterocycles. The fraction of sp³-hybridized carbons (Fsp3) is 0.273. The highest BCUT2D eigenvalue weighted by Gasteiger charge is 2.23. The Morgan fingerprint density at radius 3 is 2.82 bits per heavy atom. The van der Waals surface area contributed by atoms with Gasteiger partial charge in [-0.15, -0.1) is 0 Å². The first-order valence-electron chi connectivity index (χ1n) is 5.14. The van der Waals surface area contributed by atoms with Gasteiger partial charge in [0.25, 0.3) is 5.91 Å². The van der Waals surface area contributed by atoms with Crippen molar-refractivity contribution in [3.63, 3.8) is 0 Å². The van der Waals surface area contributed by atoms with Gasteiger partial charge in [0.15, 0.2) is 0 Å². The summed E-state index contributed by atoms with van der Waals surface area (Å²) < 4.78 is 0. The number of rotatable bonds is 6. The van der Waals surface area contributed by atoms with E-state index in [0.29, 0.717) is 18.5 Å². The minimum absolute atomic E-state index is 0.359. The second kappa shape index (κ2) is 6.37. The molecule has 1 rings (SSSR count). The normalized spacial score (nSPS) is 11.4. The Balaban J connectivity index is 2.64. The summed E-state index contributed by atoms with van der Waals surface area (Å²) in [7, 11) is 0. The molecule has 1 heterocycles. The fourth-order valence-electron chi connectivity index (χ4n) is 1.25. The molecular formula is C11H13N3O3. The first kappa shape index (κ1) is 12.8. The molecule has 6 heteroatoms. The van der Waals surface area contributed by atoms with Crippen molar-refractivity contribution in [1.29, 1.82) is 0 Å². The first-order valence-corrected chi connectivity index (χ1v) is 5.14. The average Bonchev–Trinajstić information content (AvgIpc) is 2.36. The molecule has 0 saturated heterocycles.